The monoisotopic (exact) mass is 283 g/mol. The molecule has 106 valence electrons. The van der Waals surface area contributed by atoms with Gasteiger partial charge in [-0.25, -0.2) is 0 Å². The second-order valence-corrected chi connectivity index (χ2v) is 6.95. The zero-order valence-electron chi connectivity index (χ0n) is 11.4. The minimum absolute atomic E-state index is 0.411. The zero-order valence-corrected chi connectivity index (χ0v) is 12.2. The molecule has 3 N–H and O–H groups in total. The first-order chi connectivity index (χ1) is 8.88. The van der Waals surface area contributed by atoms with Crippen LogP contribution in [0.4, 0.5) is 11.4 Å². The van der Waals surface area contributed by atoms with Crippen LogP contribution in [0, 0.1) is 12.8 Å². The summed E-state index contributed by atoms with van der Waals surface area (Å²) >= 11 is 0. The molecule has 1 atom stereocenters. The Bertz CT molecular complexity index is 557. The summed E-state index contributed by atoms with van der Waals surface area (Å²) in [7, 11) is -3.47. The summed E-state index contributed by atoms with van der Waals surface area (Å²) in [5, 5.41) is 0. The van der Waals surface area contributed by atoms with Gasteiger partial charge in [-0.1, -0.05) is 13.0 Å². The number of nitrogens with two attached hydrogens (primary N) is 1. The molecule has 1 fully saturated rings. The Morgan fingerprint density at radius 3 is 2.79 bits per heavy atom. The quantitative estimate of drug-likeness (QED) is 0.833. The number of piperidine rings is 1. The van der Waals surface area contributed by atoms with E-state index in [4.69, 9.17) is 5.73 Å². The molecule has 1 heterocycles. The molecule has 0 saturated carbocycles. The molecule has 1 aliphatic heterocycles. The molecule has 0 bridgehead atoms. The third-order valence-corrected chi connectivity index (χ3v) is 4.99. The van der Waals surface area contributed by atoms with Crippen molar-refractivity contribution in [1.29, 1.82) is 0 Å². The molecule has 0 aromatic heterocycles. The summed E-state index contributed by atoms with van der Waals surface area (Å²) < 4.78 is 28.6. The molecule has 0 aliphatic carbocycles. The molecule has 0 amide bonds. The Hall–Kier alpha value is -1.27. The van der Waals surface area contributed by atoms with E-state index in [0.717, 1.165) is 18.4 Å². The standard InChI is InChI=1S/C13H21N3O2S/c1-10-4-3-7-16(9-10)19(17,18)15-12-6-5-11(2)13(14)8-12/h5-6,8,10,15H,3-4,7,9,14H2,1-2H3. The third-order valence-electron chi connectivity index (χ3n) is 3.49. The van der Waals surface area contributed by atoms with Crippen molar-refractivity contribution in [2.24, 2.45) is 5.92 Å². The normalized spacial score (nSPS) is 21.3. The number of rotatable bonds is 3. The third kappa shape index (κ3) is 3.39. The van der Waals surface area contributed by atoms with Crippen molar-refractivity contribution >= 4 is 21.6 Å². The van der Waals surface area contributed by atoms with Gasteiger partial charge in [0.2, 0.25) is 0 Å². The van der Waals surface area contributed by atoms with Gasteiger partial charge in [0.1, 0.15) is 0 Å². The highest BCUT2D eigenvalue weighted by molar-refractivity contribution is 7.90. The average molecular weight is 283 g/mol. The number of anilines is 2. The lowest BCUT2D eigenvalue weighted by Crippen LogP contribution is -2.42. The van der Waals surface area contributed by atoms with Gasteiger partial charge >= 0.3 is 10.2 Å². The second-order valence-electron chi connectivity index (χ2n) is 5.28. The summed E-state index contributed by atoms with van der Waals surface area (Å²) in [5.41, 5.74) is 7.84. The van der Waals surface area contributed by atoms with Crippen molar-refractivity contribution in [1.82, 2.24) is 4.31 Å². The van der Waals surface area contributed by atoms with E-state index in [-0.39, 0.29) is 0 Å². The van der Waals surface area contributed by atoms with Crippen molar-refractivity contribution in [3.63, 3.8) is 0 Å². The number of hydrogen-bond donors (Lipinski definition) is 2. The maximum Gasteiger partial charge on any atom is 0.301 e. The first-order valence-electron chi connectivity index (χ1n) is 6.52. The van der Waals surface area contributed by atoms with Crippen molar-refractivity contribution in [3.05, 3.63) is 23.8 Å². The highest BCUT2D eigenvalue weighted by atomic mass is 32.2. The minimum atomic E-state index is -3.47. The molecular formula is C13H21N3O2S. The van der Waals surface area contributed by atoms with E-state index < -0.39 is 10.2 Å². The van der Waals surface area contributed by atoms with Gasteiger partial charge in [0.25, 0.3) is 0 Å². The van der Waals surface area contributed by atoms with E-state index in [2.05, 4.69) is 11.6 Å². The van der Waals surface area contributed by atoms with Crippen LogP contribution in [0.1, 0.15) is 25.3 Å². The number of nitrogen functional groups attached to an aromatic ring is 1. The largest absolute Gasteiger partial charge is 0.398 e. The summed E-state index contributed by atoms with van der Waals surface area (Å²) in [6.45, 7) is 5.13. The lowest BCUT2D eigenvalue weighted by molar-refractivity contribution is 0.282. The number of hydrogen-bond acceptors (Lipinski definition) is 3. The zero-order chi connectivity index (χ0) is 14.0. The predicted octanol–water partition coefficient (Wildman–Crippen LogP) is 1.97. The molecule has 5 nitrogen and oxygen atoms in total. The molecule has 1 saturated heterocycles. The van der Waals surface area contributed by atoms with Gasteiger partial charge in [-0.3, -0.25) is 4.72 Å². The molecule has 6 heteroatoms. The molecule has 1 aromatic carbocycles. The smallest absolute Gasteiger partial charge is 0.301 e. The van der Waals surface area contributed by atoms with Crippen LogP contribution in [-0.2, 0) is 10.2 Å². The molecule has 2 rings (SSSR count). The van der Waals surface area contributed by atoms with Crippen LogP contribution in [-0.4, -0.2) is 25.8 Å². The van der Waals surface area contributed by atoms with E-state index in [1.54, 1.807) is 12.1 Å². The van der Waals surface area contributed by atoms with Crippen molar-refractivity contribution in [3.8, 4) is 0 Å². The fourth-order valence-electron chi connectivity index (χ4n) is 2.28. The molecule has 1 aromatic rings. The number of aryl methyl sites for hydroxylation is 1. The predicted molar refractivity (Wildman–Crippen MR) is 78.1 cm³/mol. The topological polar surface area (TPSA) is 75.4 Å². The van der Waals surface area contributed by atoms with E-state index >= 15 is 0 Å². The maximum atomic E-state index is 12.3. The van der Waals surface area contributed by atoms with Gasteiger partial charge < -0.3 is 5.73 Å². The highest BCUT2D eigenvalue weighted by Crippen LogP contribution is 2.22. The lowest BCUT2D eigenvalue weighted by atomic mass is 10.0. The second kappa shape index (κ2) is 5.38. The van der Waals surface area contributed by atoms with Crippen LogP contribution in [0.2, 0.25) is 0 Å². The molecular weight excluding hydrogens is 262 g/mol. The molecule has 0 spiro atoms. The van der Waals surface area contributed by atoms with Gasteiger partial charge in [-0.2, -0.15) is 12.7 Å². The first kappa shape index (κ1) is 14.1. The molecule has 0 radical (unpaired) electrons. The van der Waals surface area contributed by atoms with Gasteiger partial charge in [0.15, 0.2) is 0 Å². The van der Waals surface area contributed by atoms with Crippen LogP contribution in [0.5, 0.6) is 0 Å². The van der Waals surface area contributed by atoms with Crippen LogP contribution in [0.15, 0.2) is 18.2 Å². The number of nitrogens with zero attached hydrogens (tertiary/aromatic N) is 1. The fourth-order valence-corrected chi connectivity index (χ4v) is 3.66. The van der Waals surface area contributed by atoms with Crippen molar-refractivity contribution in [2.45, 2.75) is 26.7 Å². The number of benzene rings is 1. The first-order valence-corrected chi connectivity index (χ1v) is 7.96. The lowest BCUT2D eigenvalue weighted by Gasteiger charge is -2.30. The summed E-state index contributed by atoms with van der Waals surface area (Å²) in [6.07, 6.45) is 2.00. The Kier molecular flexibility index (Phi) is 4.01. The summed E-state index contributed by atoms with van der Waals surface area (Å²) in [4.78, 5) is 0. The summed E-state index contributed by atoms with van der Waals surface area (Å²) in [6, 6.07) is 5.20. The van der Waals surface area contributed by atoms with Crippen molar-refractivity contribution in [2.75, 3.05) is 23.5 Å². The van der Waals surface area contributed by atoms with Crippen LogP contribution >= 0.6 is 0 Å². The SMILES string of the molecule is Cc1ccc(NS(=O)(=O)N2CCCC(C)C2)cc1N. The van der Waals surface area contributed by atoms with Crippen LogP contribution < -0.4 is 10.5 Å². The van der Waals surface area contributed by atoms with E-state index in [9.17, 15) is 8.42 Å². The maximum absolute atomic E-state index is 12.3. The van der Waals surface area contributed by atoms with Gasteiger partial charge in [0.05, 0.1) is 5.69 Å². The fraction of sp³-hybridized carbons (Fsp3) is 0.538. The Morgan fingerprint density at radius 2 is 2.16 bits per heavy atom. The minimum Gasteiger partial charge on any atom is -0.398 e. The van der Waals surface area contributed by atoms with E-state index in [1.165, 1.54) is 4.31 Å². The average Bonchev–Trinajstić information content (AvgIpc) is 2.33. The Labute approximate surface area is 115 Å². The number of nitrogens with one attached hydrogen (secondary N) is 1. The van der Waals surface area contributed by atoms with E-state index in [0.29, 0.717) is 30.4 Å². The molecule has 1 unspecified atom stereocenters. The van der Waals surface area contributed by atoms with E-state index in [1.807, 2.05) is 13.0 Å². The van der Waals surface area contributed by atoms with Crippen molar-refractivity contribution < 1.29 is 8.42 Å². The van der Waals surface area contributed by atoms with Crippen LogP contribution in [0.25, 0.3) is 0 Å². The van der Waals surface area contributed by atoms with Gasteiger partial charge in [-0.15, -0.1) is 0 Å². The Balaban J connectivity index is 2.14. The van der Waals surface area contributed by atoms with Crippen LogP contribution in [0.3, 0.4) is 0 Å². The molecule has 1 aliphatic rings. The highest BCUT2D eigenvalue weighted by Gasteiger charge is 2.26. The summed E-state index contributed by atoms with van der Waals surface area (Å²) in [5.74, 6) is 0.411. The van der Waals surface area contributed by atoms with Gasteiger partial charge in [-0.05, 0) is 43.4 Å². The molecule has 19 heavy (non-hydrogen) atoms. The van der Waals surface area contributed by atoms with Gasteiger partial charge in [0, 0.05) is 18.8 Å². The Morgan fingerprint density at radius 1 is 1.42 bits per heavy atom.